The molecule has 4 nitrogen and oxygen atoms in total. The van der Waals surface area contributed by atoms with Crippen LogP contribution in [0.2, 0.25) is 0 Å². The van der Waals surface area contributed by atoms with Crippen LogP contribution in [-0.4, -0.2) is 34.9 Å². The molecule has 4 rings (SSSR count). The van der Waals surface area contributed by atoms with Gasteiger partial charge in [-0.25, -0.2) is 4.98 Å². The summed E-state index contributed by atoms with van der Waals surface area (Å²) in [5.41, 5.74) is 2.18. The van der Waals surface area contributed by atoms with Crippen molar-refractivity contribution in [3.05, 3.63) is 72.3 Å². The monoisotopic (exact) mass is 359 g/mol. The van der Waals surface area contributed by atoms with Crippen LogP contribution in [0.3, 0.4) is 0 Å². The molecule has 3 aromatic rings. The topological polar surface area (TPSA) is 36.4 Å². The van der Waals surface area contributed by atoms with Crippen LogP contribution < -0.4 is 4.90 Å². The number of nitrogens with zero attached hydrogens (tertiary/aromatic N) is 3. The molecule has 1 aliphatic heterocycles. The Morgan fingerprint density at radius 1 is 1.00 bits per heavy atom. The highest BCUT2D eigenvalue weighted by atomic mass is 16.2. The van der Waals surface area contributed by atoms with Crippen molar-refractivity contribution in [3.63, 3.8) is 0 Å². The maximum atomic E-state index is 12.9. The molecule has 1 saturated heterocycles. The Balaban J connectivity index is 1.58. The number of carbonyl (C=O) groups excluding carboxylic acids is 1. The van der Waals surface area contributed by atoms with Crippen LogP contribution in [0.5, 0.6) is 0 Å². The number of hydrogen-bond donors (Lipinski definition) is 0. The molecule has 0 saturated carbocycles. The van der Waals surface area contributed by atoms with Gasteiger partial charge in [0, 0.05) is 37.5 Å². The van der Waals surface area contributed by atoms with Gasteiger partial charge in [0.1, 0.15) is 5.82 Å². The summed E-state index contributed by atoms with van der Waals surface area (Å²) in [6.07, 6.45) is 1.46. The van der Waals surface area contributed by atoms with Gasteiger partial charge in [0.2, 0.25) is 5.91 Å². The van der Waals surface area contributed by atoms with Gasteiger partial charge in [0.05, 0.1) is 5.52 Å². The molecule has 0 aliphatic carbocycles. The molecule has 0 spiro atoms. The van der Waals surface area contributed by atoms with Crippen LogP contribution in [0.4, 0.5) is 5.82 Å². The van der Waals surface area contributed by atoms with E-state index in [4.69, 9.17) is 4.98 Å². The Labute approximate surface area is 160 Å². The highest BCUT2D eigenvalue weighted by Crippen LogP contribution is 2.23. The smallest absolute Gasteiger partial charge is 0.224 e. The number of rotatable bonds is 4. The van der Waals surface area contributed by atoms with Crippen LogP contribution >= 0.6 is 0 Å². The molecule has 0 unspecified atom stereocenters. The summed E-state index contributed by atoms with van der Waals surface area (Å²) < 4.78 is 0. The Morgan fingerprint density at radius 2 is 1.78 bits per heavy atom. The third-order valence-corrected chi connectivity index (χ3v) is 5.36. The Hall–Kier alpha value is -2.88. The summed E-state index contributed by atoms with van der Waals surface area (Å²) >= 11 is 0. The molecular formula is C23H25N3O. The SMILES string of the molecule is CC[C@H]1CN(c2ccc3ccccc3n2)CCC(=O)N1Cc1ccccc1. The van der Waals surface area contributed by atoms with Gasteiger partial charge in [0.15, 0.2) is 0 Å². The average molecular weight is 359 g/mol. The van der Waals surface area contributed by atoms with Crippen molar-refractivity contribution in [1.82, 2.24) is 9.88 Å². The molecule has 2 aromatic carbocycles. The molecule has 27 heavy (non-hydrogen) atoms. The zero-order chi connectivity index (χ0) is 18.6. The summed E-state index contributed by atoms with van der Waals surface area (Å²) in [6.45, 7) is 4.37. The van der Waals surface area contributed by atoms with Gasteiger partial charge in [-0.2, -0.15) is 0 Å². The first-order valence-electron chi connectivity index (χ1n) is 9.68. The van der Waals surface area contributed by atoms with E-state index < -0.39 is 0 Å². The maximum Gasteiger partial charge on any atom is 0.224 e. The number of fused-ring (bicyclic) bond motifs is 1. The predicted molar refractivity (Wildman–Crippen MR) is 110 cm³/mol. The van der Waals surface area contributed by atoms with Crippen LogP contribution in [0.1, 0.15) is 25.3 Å². The molecule has 0 N–H and O–H groups in total. The highest BCUT2D eigenvalue weighted by Gasteiger charge is 2.29. The van der Waals surface area contributed by atoms with E-state index in [2.05, 4.69) is 47.1 Å². The zero-order valence-electron chi connectivity index (χ0n) is 15.7. The number of carbonyl (C=O) groups is 1. The maximum absolute atomic E-state index is 12.9. The van der Waals surface area contributed by atoms with E-state index in [1.807, 2.05) is 36.4 Å². The van der Waals surface area contributed by atoms with Crippen LogP contribution in [-0.2, 0) is 11.3 Å². The van der Waals surface area contributed by atoms with Gasteiger partial charge in [-0.1, -0.05) is 55.5 Å². The molecule has 138 valence electrons. The summed E-state index contributed by atoms with van der Waals surface area (Å²) in [5.74, 6) is 1.19. The molecule has 1 amide bonds. The van der Waals surface area contributed by atoms with Crippen molar-refractivity contribution in [3.8, 4) is 0 Å². The minimum absolute atomic E-state index is 0.188. The van der Waals surface area contributed by atoms with Gasteiger partial charge in [-0.05, 0) is 30.2 Å². The number of pyridine rings is 1. The minimum Gasteiger partial charge on any atom is -0.354 e. The van der Waals surface area contributed by atoms with Crippen LogP contribution in [0.15, 0.2) is 66.7 Å². The summed E-state index contributed by atoms with van der Waals surface area (Å²) in [6, 6.07) is 22.8. The summed E-state index contributed by atoms with van der Waals surface area (Å²) in [4.78, 5) is 22.0. The first-order chi connectivity index (χ1) is 13.2. The Kier molecular flexibility index (Phi) is 5.05. The lowest BCUT2D eigenvalue weighted by molar-refractivity contribution is -0.133. The molecule has 2 heterocycles. The Bertz CT molecular complexity index is 925. The summed E-state index contributed by atoms with van der Waals surface area (Å²) in [7, 11) is 0. The Morgan fingerprint density at radius 3 is 2.59 bits per heavy atom. The average Bonchev–Trinajstić information content (AvgIpc) is 2.88. The second-order valence-electron chi connectivity index (χ2n) is 7.13. The van der Waals surface area contributed by atoms with Crippen molar-refractivity contribution in [2.24, 2.45) is 0 Å². The predicted octanol–water partition coefficient (Wildman–Crippen LogP) is 4.25. The highest BCUT2D eigenvalue weighted by molar-refractivity contribution is 5.81. The lowest BCUT2D eigenvalue weighted by Gasteiger charge is -2.31. The fourth-order valence-electron chi connectivity index (χ4n) is 3.81. The normalized spacial score (nSPS) is 18.0. The molecular weight excluding hydrogens is 334 g/mol. The van der Waals surface area contributed by atoms with Crippen molar-refractivity contribution in [2.75, 3.05) is 18.0 Å². The van der Waals surface area contributed by atoms with Gasteiger partial charge >= 0.3 is 0 Å². The largest absolute Gasteiger partial charge is 0.354 e. The molecule has 0 radical (unpaired) electrons. The zero-order valence-corrected chi connectivity index (χ0v) is 15.7. The second kappa shape index (κ2) is 7.78. The fraction of sp³-hybridized carbons (Fsp3) is 0.304. The fourth-order valence-corrected chi connectivity index (χ4v) is 3.81. The summed E-state index contributed by atoms with van der Waals surface area (Å²) in [5, 5.41) is 1.14. The van der Waals surface area contributed by atoms with Gasteiger partial charge in [-0.15, -0.1) is 0 Å². The lowest BCUT2D eigenvalue weighted by Crippen LogP contribution is -2.42. The van der Waals surface area contributed by atoms with E-state index in [0.717, 1.165) is 29.7 Å². The second-order valence-corrected chi connectivity index (χ2v) is 7.13. The van der Waals surface area contributed by atoms with E-state index in [0.29, 0.717) is 19.5 Å². The molecule has 1 fully saturated rings. The third-order valence-electron chi connectivity index (χ3n) is 5.36. The van der Waals surface area contributed by atoms with Gasteiger partial charge in [-0.3, -0.25) is 4.79 Å². The van der Waals surface area contributed by atoms with Crippen molar-refractivity contribution in [2.45, 2.75) is 32.4 Å². The van der Waals surface area contributed by atoms with E-state index in [1.165, 1.54) is 5.56 Å². The number of aromatic nitrogens is 1. The quantitative estimate of drug-likeness (QED) is 0.699. The van der Waals surface area contributed by atoms with Crippen molar-refractivity contribution in [1.29, 1.82) is 0 Å². The minimum atomic E-state index is 0.188. The number of anilines is 1. The van der Waals surface area contributed by atoms with E-state index in [-0.39, 0.29) is 11.9 Å². The molecule has 1 aliphatic rings. The molecule has 1 aromatic heterocycles. The first-order valence-corrected chi connectivity index (χ1v) is 9.68. The molecule has 1 atom stereocenters. The first kappa shape index (κ1) is 17.5. The standard InChI is InChI=1S/C23H25N3O/c1-2-20-17-25(22-13-12-19-10-6-7-11-21(19)24-22)15-14-23(27)26(20)16-18-8-4-3-5-9-18/h3-13,20H,2,14-17H2,1H3/t20-/m0/s1. The third kappa shape index (κ3) is 3.80. The molecule has 4 heteroatoms. The number of benzene rings is 2. The van der Waals surface area contributed by atoms with Crippen LogP contribution in [0, 0.1) is 0 Å². The van der Waals surface area contributed by atoms with Gasteiger partial charge in [0.25, 0.3) is 0 Å². The number of hydrogen-bond acceptors (Lipinski definition) is 3. The van der Waals surface area contributed by atoms with Gasteiger partial charge < -0.3 is 9.80 Å². The van der Waals surface area contributed by atoms with E-state index in [9.17, 15) is 4.79 Å². The van der Waals surface area contributed by atoms with Crippen LogP contribution in [0.25, 0.3) is 10.9 Å². The van der Waals surface area contributed by atoms with E-state index in [1.54, 1.807) is 0 Å². The molecule has 0 bridgehead atoms. The lowest BCUT2D eigenvalue weighted by atomic mass is 10.1. The van der Waals surface area contributed by atoms with Crippen molar-refractivity contribution >= 4 is 22.6 Å². The number of para-hydroxylation sites is 1. The van der Waals surface area contributed by atoms with Crippen molar-refractivity contribution < 1.29 is 4.79 Å². The van der Waals surface area contributed by atoms with E-state index >= 15 is 0 Å². The number of amides is 1.